The predicted molar refractivity (Wildman–Crippen MR) is 140 cm³/mol. The van der Waals surface area contributed by atoms with Gasteiger partial charge in [0, 0.05) is 19.2 Å². The summed E-state index contributed by atoms with van der Waals surface area (Å²) in [5, 5.41) is 27.6. The average molecular weight is 500 g/mol. The second kappa shape index (κ2) is 10.4. The molecule has 2 N–H and O–H groups in total. The van der Waals surface area contributed by atoms with Crippen molar-refractivity contribution in [1.29, 1.82) is 0 Å². The molecule has 0 amide bonds. The third-order valence-electron chi connectivity index (χ3n) is 11.9. The highest BCUT2D eigenvalue weighted by atomic mass is 16.4. The van der Waals surface area contributed by atoms with Crippen molar-refractivity contribution in [2.75, 3.05) is 0 Å². The second-order valence-corrected chi connectivity index (χ2v) is 13.7. The van der Waals surface area contributed by atoms with E-state index < -0.39 is 5.97 Å². The lowest BCUT2D eigenvalue weighted by Crippen LogP contribution is -2.54. The maximum atomic E-state index is 10.7. The van der Waals surface area contributed by atoms with Gasteiger partial charge in [-0.2, -0.15) is 0 Å². The van der Waals surface area contributed by atoms with Gasteiger partial charge in [-0.1, -0.05) is 26.0 Å². The topological polar surface area (TPSA) is 88.2 Å². The van der Waals surface area contributed by atoms with Crippen LogP contribution in [0.15, 0.2) is 6.20 Å². The molecule has 0 bridgehead atoms. The zero-order valence-electron chi connectivity index (χ0n) is 22.9. The number of carboxylic acids is 1. The van der Waals surface area contributed by atoms with Crippen LogP contribution in [0.4, 0.5) is 0 Å². The lowest BCUT2D eigenvalue weighted by Gasteiger charge is -2.61. The van der Waals surface area contributed by atoms with Gasteiger partial charge < -0.3 is 10.2 Å². The molecule has 0 aromatic carbocycles. The molecule has 6 nitrogen and oxygen atoms in total. The van der Waals surface area contributed by atoms with Crippen molar-refractivity contribution in [2.24, 2.45) is 46.3 Å². The summed E-state index contributed by atoms with van der Waals surface area (Å²) in [4.78, 5) is 10.7. The SMILES string of the molecule is C[C@H](CCCn1cc(CCCC(=O)O)nn1)[C@H]1CC[C@H]2C3CC[C@@H]4C[C@H](O)CC[C@]4(C)C3CC[C@]12C. The minimum Gasteiger partial charge on any atom is -0.481 e. The summed E-state index contributed by atoms with van der Waals surface area (Å²) in [5.74, 6) is 4.27. The first-order valence-electron chi connectivity index (χ1n) is 15.0. The number of hydrogen-bond donors (Lipinski definition) is 2. The van der Waals surface area contributed by atoms with E-state index in [1.54, 1.807) is 0 Å². The first kappa shape index (κ1) is 26.2. The molecule has 4 aliphatic rings. The van der Waals surface area contributed by atoms with Gasteiger partial charge in [-0.05, 0) is 130 Å². The fraction of sp³-hybridized carbons (Fsp3) is 0.900. The van der Waals surface area contributed by atoms with Gasteiger partial charge in [0.1, 0.15) is 0 Å². The lowest BCUT2D eigenvalue weighted by molar-refractivity contribution is -0.137. The Hall–Kier alpha value is -1.43. The Labute approximate surface area is 217 Å². The molecule has 4 saturated carbocycles. The van der Waals surface area contributed by atoms with E-state index in [1.165, 1.54) is 51.4 Å². The molecule has 0 aliphatic heterocycles. The van der Waals surface area contributed by atoms with E-state index in [4.69, 9.17) is 5.11 Å². The number of aryl methyl sites for hydroxylation is 2. The average Bonchev–Trinajstić information content (AvgIpc) is 3.43. The van der Waals surface area contributed by atoms with E-state index in [9.17, 15) is 9.90 Å². The number of aliphatic carboxylic acids is 1. The fourth-order valence-corrected chi connectivity index (χ4v) is 9.97. The van der Waals surface area contributed by atoms with Crippen LogP contribution in [0.5, 0.6) is 0 Å². The van der Waals surface area contributed by atoms with Crippen molar-refractivity contribution in [3.63, 3.8) is 0 Å². The van der Waals surface area contributed by atoms with Gasteiger partial charge in [0.05, 0.1) is 11.8 Å². The van der Waals surface area contributed by atoms with Crippen molar-refractivity contribution in [2.45, 2.75) is 123 Å². The molecule has 6 heteroatoms. The van der Waals surface area contributed by atoms with E-state index >= 15 is 0 Å². The van der Waals surface area contributed by atoms with Gasteiger partial charge >= 0.3 is 5.97 Å². The molecule has 9 atom stereocenters. The van der Waals surface area contributed by atoms with Crippen LogP contribution in [0, 0.1) is 46.3 Å². The molecule has 36 heavy (non-hydrogen) atoms. The van der Waals surface area contributed by atoms with Gasteiger partial charge in [-0.3, -0.25) is 9.48 Å². The smallest absolute Gasteiger partial charge is 0.303 e. The highest BCUT2D eigenvalue weighted by molar-refractivity contribution is 5.66. The van der Waals surface area contributed by atoms with Crippen molar-refractivity contribution in [3.05, 3.63) is 11.9 Å². The monoisotopic (exact) mass is 499 g/mol. The van der Waals surface area contributed by atoms with E-state index in [0.717, 1.165) is 67.0 Å². The van der Waals surface area contributed by atoms with E-state index in [2.05, 4.69) is 31.1 Å². The summed E-state index contributed by atoms with van der Waals surface area (Å²) in [6.45, 7) is 8.66. The molecule has 202 valence electrons. The number of aliphatic hydroxyl groups excluding tert-OH is 1. The van der Waals surface area contributed by atoms with Crippen LogP contribution in [-0.4, -0.2) is 37.3 Å². The normalized spacial score (nSPS) is 40.8. The zero-order valence-corrected chi connectivity index (χ0v) is 22.9. The van der Waals surface area contributed by atoms with Crippen LogP contribution in [0.1, 0.15) is 110 Å². The fourth-order valence-electron chi connectivity index (χ4n) is 9.97. The third kappa shape index (κ3) is 4.88. The Morgan fingerprint density at radius 1 is 1.08 bits per heavy atom. The minimum atomic E-state index is -0.747. The standard InChI is InChI=1S/C30H49N3O3/c1-20(6-5-17-33-19-22(31-32-33)7-4-8-28(35)36)25-11-12-26-24-10-9-21-18-23(34)13-15-29(21,2)27(24)14-16-30(25,26)3/h19-21,23-27,34H,4-18H2,1-3H3,(H,35,36)/t20-,21-,23-,24?,25-,26+,27?,29+,30-/m1/s1. The molecular formula is C30H49N3O3. The number of nitrogens with zero attached hydrogens (tertiary/aromatic N) is 3. The Morgan fingerprint density at radius 2 is 1.86 bits per heavy atom. The quantitative estimate of drug-likeness (QED) is 0.427. The molecule has 4 fully saturated rings. The van der Waals surface area contributed by atoms with Gasteiger partial charge in [0.25, 0.3) is 0 Å². The maximum absolute atomic E-state index is 10.7. The Kier molecular flexibility index (Phi) is 7.55. The number of aromatic nitrogens is 3. The molecule has 2 unspecified atom stereocenters. The van der Waals surface area contributed by atoms with Crippen LogP contribution in [0.3, 0.4) is 0 Å². The molecule has 0 radical (unpaired) electrons. The molecule has 0 spiro atoms. The molecule has 1 aromatic rings. The minimum absolute atomic E-state index is 0.0498. The maximum Gasteiger partial charge on any atom is 0.303 e. The largest absolute Gasteiger partial charge is 0.481 e. The summed E-state index contributed by atoms with van der Waals surface area (Å²) < 4.78 is 1.95. The summed E-state index contributed by atoms with van der Waals surface area (Å²) in [7, 11) is 0. The van der Waals surface area contributed by atoms with E-state index in [0.29, 0.717) is 23.7 Å². The van der Waals surface area contributed by atoms with Crippen molar-refractivity contribution >= 4 is 5.97 Å². The van der Waals surface area contributed by atoms with Crippen molar-refractivity contribution in [1.82, 2.24) is 15.0 Å². The molecule has 1 heterocycles. The number of fused-ring (bicyclic) bond motifs is 5. The molecule has 0 saturated heterocycles. The predicted octanol–water partition coefficient (Wildman–Crippen LogP) is 6.12. The van der Waals surface area contributed by atoms with Crippen molar-refractivity contribution in [3.8, 4) is 0 Å². The number of carboxylic acid groups (broad SMARTS) is 1. The van der Waals surface area contributed by atoms with Crippen LogP contribution in [-0.2, 0) is 17.8 Å². The van der Waals surface area contributed by atoms with Crippen LogP contribution >= 0.6 is 0 Å². The Balaban J connectivity index is 1.15. The molecular weight excluding hydrogens is 450 g/mol. The van der Waals surface area contributed by atoms with Crippen LogP contribution < -0.4 is 0 Å². The number of aliphatic hydroxyl groups is 1. The first-order chi connectivity index (χ1) is 17.2. The highest BCUT2D eigenvalue weighted by Crippen LogP contribution is 2.68. The number of rotatable bonds is 9. The van der Waals surface area contributed by atoms with E-state index in [1.807, 2.05) is 10.9 Å². The van der Waals surface area contributed by atoms with E-state index in [-0.39, 0.29) is 12.5 Å². The molecule has 5 rings (SSSR count). The zero-order chi connectivity index (χ0) is 25.5. The van der Waals surface area contributed by atoms with Gasteiger partial charge in [0.2, 0.25) is 0 Å². The summed E-state index contributed by atoms with van der Waals surface area (Å²) in [5.41, 5.74) is 1.88. The first-order valence-corrected chi connectivity index (χ1v) is 15.0. The summed E-state index contributed by atoms with van der Waals surface area (Å²) >= 11 is 0. The highest BCUT2D eigenvalue weighted by Gasteiger charge is 2.60. The molecule has 1 aromatic heterocycles. The van der Waals surface area contributed by atoms with Gasteiger partial charge in [-0.25, -0.2) is 0 Å². The number of hydrogen-bond acceptors (Lipinski definition) is 4. The lowest BCUT2D eigenvalue weighted by atomic mass is 9.44. The Bertz CT molecular complexity index is 917. The Morgan fingerprint density at radius 3 is 2.67 bits per heavy atom. The number of carbonyl (C=O) groups is 1. The third-order valence-corrected chi connectivity index (χ3v) is 11.9. The summed E-state index contributed by atoms with van der Waals surface area (Å²) in [6, 6.07) is 0. The van der Waals surface area contributed by atoms with Crippen LogP contribution in [0.25, 0.3) is 0 Å². The molecule has 4 aliphatic carbocycles. The van der Waals surface area contributed by atoms with Gasteiger partial charge in [-0.15, -0.1) is 5.10 Å². The second-order valence-electron chi connectivity index (χ2n) is 13.7. The summed E-state index contributed by atoms with van der Waals surface area (Å²) in [6.07, 6.45) is 17.5. The van der Waals surface area contributed by atoms with Crippen LogP contribution in [0.2, 0.25) is 0 Å². The van der Waals surface area contributed by atoms with Gasteiger partial charge in [0.15, 0.2) is 0 Å². The van der Waals surface area contributed by atoms with Crippen molar-refractivity contribution < 1.29 is 15.0 Å².